The minimum Gasteiger partial charge on any atom is -0.309 e. The molecule has 0 bridgehead atoms. The average molecular weight is 325 g/mol. The van der Waals surface area contributed by atoms with E-state index in [1.54, 1.807) is 6.08 Å². The van der Waals surface area contributed by atoms with E-state index in [-0.39, 0.29) is 23.2 Å². The second kappa shape index (κ2) is 8.43. The first-order valence-electron chi connectivity index (χ1n) is 9.03. The molecule has 0 amide bonds. The van der Waals surface area contributed by atoms with Gasteiger partial charge >= 0.3 is 0 Å². The summed E-state index contributed by atoms with van der Waals surface area (Å²) >= 11 is 0. The molecule has 0 saturated carbocycles. The second-order valence-corrected chi connectivity index (χ2v) is 7.78. The summed E-state index contributed by atoms with van der Waals surface area (Å²) in [6, 6.07) is 10.6. The molecule has 0 radical (unpaired) electrons. The van der Waals surface area contributed by atoms with Crippen LogP contribution in [0.1, 0.15) is 52.5 Å². The molecular weight excluding hydrogens is 294 g/mol. The van der Waals surface area contributed by atoms with E-state index in [1.165, 1.54) is 11.1 Å². The van der Waals surface area contributed by atoms with E-state index < -0.39 is 0 Å². The molecule has 1 aromatic rings. The van der Waals surface area contributed by atoms with Crippen molar-refractivity contribution in [2.45, 2.75) is 59.5 Å². The van der Waals surface area contributed by atoms with Crippen molar-refractivity contribution in [1.29, 1.82) is 0 Å². The Hall–Kier alpha value is -1.67. The van der Waals surface area contributed by atoms with Crippen LogP contribution in [0.25, 0.3) is 0 Å². The van der Waals surface area contributed by atoms with Gasteiger partial charge in [0.1, 0.15) is 0 Å². The molecule has 0 spiro atoms. The number of hydrogen-bond acceptors (Lipinski definition) is 2. The van der Waals surface area contributed by atoms with Gasteiger partial charge in [-0.25, -0.2) is 0 Å². The van der Waals surface area contributed by atoms with E-state index in [4.69, 9.17) is 0 Å². The third-order valence-corrected chi connectivity index (χ3v) is 4.99. The Morgan fingerprint density at radius 3 is 2.62 bits per heavy atom. The van der Waals surface area contributed by atoms with Gasteiger partial charge in [0.2, 0.25) is 0 Å². The standard InChI is InChI=1S/C22H31NO/c1-17-10-11-20(23-16-19-8-6-5-7-9-19)18(2)21(24)13-15-22(3,4)14-12-17/h5-9,12-13,15,18,20,23H,10-11,14,16H2,1-4H3/b15-13+,17-12+/t18-,20-/m1/s1. The molecule has 2 rings (SSSR count). The summed E-state index contributed by atoms with van der Waals surface area (Å²) < 4.78 is 0. The van der Waals surface area contributed by atoms with E-state index in [0.29, 0.717) is 0 Å². The van der Waals surface area contributed by atoms with Crippen molar-refractivity contribution < 1.29 is 4.79 Å². The van der Waals surface area contributed by atoms with Crippen molar-refractivity contribution in [2.24, 2.45) is 11.3 Å². The maximum Gasteiger partial charge on any atom is 0.159 e. The van der Waals surface area contributed by atoms with Gasteiger partial charge in [-0.3, -0.25) is 4.79 Å². The second-order valence-electron chi connectivity index (χ2n) is 7.78. The Kier molecular flexibility index (Phi) is 6.56. The first kappa shape index (κ1) is 18.7. The van der Waals surface area contributed by atoms with Crippen LogP contribution in [0.4, 0.5) is 0 Å². The third kappa shape index (κ3) is 5.76. The highest BCUT2D eigenvalue weighted by Gasteiger charge is 2.23. The summed E-state index contributed by atoms with van der Waals surface area (Å²) in [6.45, 7) is 9.45. The lowest BCUT2D eigenvalue weighted by atomic mass is 9.87. The molecule has 2 nitrogen and oxygen atoms in total. The maximum absolute atomic E-state index is 12.6. The van der Waals surface area contributed by atoms with Crippen LogP contribution >= 0.6 is 0 Å². The molecule has 1 aromatic carbocycles. The van der Waals surface area contributed by atoms with Crippen molar-refractivity contribution in [1.82, 2.24) is 5.32 Å². The van der Waals surface area contributed by atoms with E-state index in [2.05, 4.69) is 69.4 Å². The molecule has 1 N–H and O–H groups in total. The summed E-state index contributed by atoms with van der Waals surface area (Å²) in [6.07, 6.45) is 9.24. The highest BCUT2D eigenvalue weighted by molar-refractivity contribution is 5.92. The molecule has 0 unspecified atom stereocenters. The normalized spacial score (nSPS) is 28.5. The lowest BCUT2D eigenvalue weighted by molar-refractivity contribution is -0.118. The Bertz CT molecular complexity index is 598. The molecule has 1 aliphatic carbocycles. The molecular formula is C22H31NO. The molecule has 2 atom stereocenters. The van der Waals surface area contributed by atoms with Gasteiger partial charge in [0.25, 0.3) is 0 Å². The quantitative estimate of drug-likeness (QED) is 0.787. The Morgan fingerprint density at radius 2 is 1.92 bits per heavy atom. The number of carbonyl (C=O) groups excluding carboxylic acids is 1. The van der Waals surface area contributed by atoms with Crippen LogP contribution in [0.2, 0.25) is 0 Å². The number of rotatable bonds is 3. The Labute approximate surface area is 147 Å². The minimum absolute atomic E-state index is 0.00772. The lowest BCUT2D eigenvalue weighted by Crippen LogP contribution is -2.38. The number of ketones is 1. The summed E-state index contributed by atoms with van der Waals surface area (Å²) in [4.78, 5) is 12.6. The van der Waals surface area contributed by atoms with Crippen LogP contribution in [-0.2, 0) is 11.3 Å². The van der Waals surface area contributed by atoms with Crippen LogP contribution in [0.3, 0.4) is 0 Å². The molecule has 0 saturated heterocycles. The van der Waals surface area contributed by atoms with Gasteiger partial charge in [-0.15, -0.1) is 0 Å². The van der Waals surface area contributed by atoms with Gasteiger partial charge in [-0.05, 0) is 43.2 Å². The SMILES string of the molecule is C/C1=C\CC(C)(C)/C=C/C(=O)[C@H](C)[C@H](NCc2ccccc2)CC1. The number of benzene rings is 1. The van der Waals surface area contributed by atoms with Gasteiger partial charge in [0, 0.05) is 18.5 Å². The largest absolute Gasteiger partial charge is 0.309 e. The van der Waals surface area contributed by atoms with Crippen molar-refractivity contribution in [3.8, 4) is 0 Å². The maximum atomic E-state index is 12.6. The van der Waals surface area contributed by atoms with Gasteiger partial charge < -0.3 is 5.32 Å². The average Bonchev–Trinajstić information content (AvgIpc) is 2.59. The first-order valence-corrected chi connectivity index (χ1v) is 9.03. The summed E-state index contributed by atoms with van der Waals surface area (Å²) in [7, 11) is 0. The highest BCUT2D eigenvalue weighted by atomic mass is 16.1. The molecule has 24 heavy (non-hydrogen) atoms. The van der Waals surface area contributed by atoms with E-state index in [9.17, 15) is 4.79 Å². The smallest absolute Gasteiger partial charge is 0.159 e. The predicted octanol–water partition coefficient (Wildman–Crippen LogP) is 5.06. The number of nitrogens with one attached hydrogen (secondary N) is 1. The molecule has 0 aliphatic heterocycles. The van der Waals surface area contributed by atoms with Crippen molar-refractivity contribution in [2.75, 3.05) is 0 Å². The monoisotopic (exact) mass is 325 g/mol. The molecule has 1 aliphatic rings. The van der Waals surface area contributed by atoms with Gasteiger partial charge in [-0.2, -0.15) is 0 Å². The van der Waals surface area contributed by atoms with Crippen molar-refractivity contribution >= 4 is 5.78 Å². The fraction of sp³-hybridized carbons (Fsp3) is 0.500. The number of hydrogen-bond donors (Lipinski definition) is 1. The minimum atomic E-state index is -0.00772. The number of allylic oxidation sites excluding steroid dienone is 4. The Balaban J connectivity index is 2.12. The zero-order valence-electron chi connectivity index (χ0n) is 15.5. The van der Waals surface area contributed by atoms with Crippen LogP contribution in [0, 0.1) is 11.3 Å². The Morgan fingerprint density at radius 1 is 1.21 bits per heavy atom. The van der Waals surface area contributed by atoms with Gasteiger partial charge in [-0.1, -0.05) is 68.8 Å². The molecule has 130 valence electrons. The lowest BCUT2D eigenvalue weighted by Gasteiger charge is -2.24. The van der Waals surface area contributed by atoms with E-state index >= 15 is 0 Å². The van der Waals surface area contributed by atoms with Crippen LogP contribution < -0.4 is 5.32 Å². The van der Waals surface area contributed by atoms with Crippen molar-refractivity contribution in [3.63, 3.8) is 0 Å². The van der Waals surface area contributed by atoms with E-state index in [0.717, 1.165) is 25.8 Å². The summed E-state index contributed by atoms with van der Waals surface area (Å²) in [5.41, 5.74) is 2.72. The summed E-state index contributed by atoms with van der Waals surface area (Å²) in [5.74, 6) is 0.222. The molecule has 0 heterocycles. The summed E-state index contributed by atoms with van der Waals surface area (Å²) in [5, 5.41) is 3.61. The number of carbonyl (C=O) groups is 1. The van der Waals surface area contributed by atoms with E-state index in [1.807, 2.05) is 6.07 Å². The fourth-order valence-corrected chi connectivity index (χ4v) is 3.02. The third-order valence-electron chi connectivity index (χ3n) is 4.99. The van der Waals surface area contributed by atoms with Crippen LogP contribution in [-0.4, -0.2) is 11.8 Å². The van der Waals surface area contributed by atoms with Gasteiger partial charge in [0.15, 0.2) is 5.78 Å². The first-order chi connectivity index (χ1) is 11.4. The zero-order chi connectivity index (χ0) is 17.6. The van der Waals surface area contributed by atoms with Crippen LogP contribution in [0.15, 0.2) is 54.1 Å². The van der Waals surface area contributed by atoms with Crippen LogP contribution in [0.5, 0.6) is 0 Å². The molecule has 0 fully saturated rings. The fourth-order valence-electron chi connectivity index (χ4n) is 3.02. The zero-order valence-corrected chi connectivity index (χ0v) is 15.5. The predicted molar refractivity (Wildman–Crippen MR) is 102 cm³/mol. The topological polar surface area (TPSA) is 29.1 Å². The molecule has 0 aromatic heterocycles. The van der Waals surface area contributed by atoms with Crippen molar-refractivity contribution in [3.05, 3.63) is 59.7 Å². The van der Waals surface area contributed by atoms with Gasteiger partial charge in [0.05, 0.1) is 0 Å². The highest BCUT2D eigenvalue weighted by Crippen LogP contribution is 2.26. The molecule has 2 heteroatoms.